The zero-order valence-corrected chi connectivity index (χ0v) is 11.1. The minimum atomic E-state index is -0.944. The molecule has 20 heavy (non-hydrogen) atoms. The van der Waals surface area contributed by atoms with Gasteiger partial charge in [0.25, 0.3) is 5.91 Å². The monoisotopic (exact) mass is 278 g/mol. The molecule has 0 atom stereocenters. The largest absolute Gasteiger partial charge is 0.481 e. The average molecular weight is 278 g/mol. The predicted octanol–water partition coefficient (Wildman–Crippen LogP) is 0.788. The highest BCUT2D eigenvalue weighted by molar-refractivity contribution is 5.94. The highest BCUT2D eigenvalue weighted by atomic mass is 16.4. The van der Waals surface area contributed by atoms with Gasteiger partial charge in [0.2, 0.25) is 5.91 Å². The van der Waals surface area contributed by atoms with Crippen LogP contribution in [0.4, 0.5) is 0 Å². The number of carboxylic acids is 1. The van der Waals surface area contributed by atoms with Crippen LogP contribution in [0.2, 0.25) is 0 Å². The summed E-state index contributed by atoms with van der Waals surface area (Å²) in [4.78, 5) is 33.2. The van der Waals surface area contributed by atoms with Crippen molar-refractivity contribution in [3.63, 3.8) is 0 Å². The molecule has 0 saturated carbocycles. The molecular weight excluding hydrogens is 260 g/mol. The predicted molar refractivity (Wildman–Crippen MR) is 73.3 cm³/mol. The van der Waals surface area contributed by atoms with Crippen molar-refractivity contribution in [3.05, 3.63) is 35.9 Å². The van der Waals surface area contributed by atoms with E-state index >= 15 is 0 Å². The van der Waals surface area contributed by atoms with Crippen molar-refractivity contribution in [3.8, 4) is 0 Å². The van der Waals surface area contributed by atoms with E-state index in [2.05, 4.69) is 10.6 Å². The van der Waals surface area contributed by atoms with Crippen LogP contribution >= 0.6 is 0 Å². The smallest absolute Gasteiger partial charge is 0.305 e. The van der Waals surface area contributed by atoms with E-state index in [4.69, 9.17) is 5.11 Å². The Bertz CT molecular complexity index is 460. The van der Waals surface area contributed by atoms with Gasteiger partial charge in [-0.2, -0.15) is 0 Å². The minimum Gasteiger partial charge on any atom is -0.481 e. The Kier molecular flexibility index (Phi) is 6.81. The molecule has 3 N–H and O–H groups in total. The van der Waals surface area contributed by atoms with Gasteiger partial charge >= 0.3 is 5.97 Å². The zero-order valence-electron chi connectivity index (χ0n) is 11.1. The van der Waals surface area contributed by atoms with E-state index in [9.17, 15) is 14.4 Å². The third kappa shape index (κ3) is 6.53. The Morgan fingerprint density at radius 2 is 1.65 bits per heavy atom. The quantitative estimate of drug-likeness (QED) is 0.612. The Hall–Kier alpha value is -2.37. The number of carbonyl (C=O) groups is 3. The van der Waals surface area contributed by atoms with Crippen LogP contribution in [-0.2, 0) is 9.59 Å². The van der Waals surface area contributed by atoms with Gasteiger partial charge in [-0.1, -0.05) is 18.2 Å². The van der Waals surface area contributed by atoms with Crippen molar-refractivity contribution in [2.24, 2.45) is 0 Å². The molecule has 1 aromatic rings. The summed E-state index contributed by atoms with van der Waals surface area (Å²) < 4.78 is 0. The van der Waals surface area contributed by atoms with Gasteiger partial charge in [-0.3, -0.25) is 14.4 Å². The Morgan fingerprint density at radius 3 is 2.30 bits per heavy atom. The van der Waals surface area contributed by atoms with Crippen LogP contribution < -0.4 is 10.6 Å². The Balaban J connectivity index is 2.11. The molecule has 1 rings (SSSR count). The SMILES string of the molecule is O=C(O)CCNC(=O)CCCNC(=O)c1ccccc1. The number of benzene rings is 1. The topological polar surface area (TPSA) is 95.5 Å². The van der Waals surface area contributed by atoms with Crippen LogP contribution in [0.1, 0.15) is 29.6 Å². The molecule has 0 heterocycles. The maximum atomic E-state index is 11.7. The highest BCUT2D eigenvalue weighted by Crippen LogP contribution is 1.98. The summed E-state index contributed by atoms with van der Waals surface area (Å²) in [5.74, 6) is -1.32. The third-order valence-electron chi connectivity index (χ3n) is 2.56. The van der Waals surface area contributed by atoms with E-state index in [1.165, 1.54) is 0 Å². The molecule has 6 heteroatoms. The first kappa shape index (κ1) is 15.7. The maximum absolute atomic E-state index is 11.7. The number of nitrogens with one attached hydrogen (secondary N) is 2. The van der Waals surface area contributed by atoms with Crippen LogP contribution in [0.25, 0.3) is 0 Å². The van der Waals surface area contributed by atoms with Crippen LogP contribution in [-0.4, -0.2) is 36.0 Å². The normalized spacial score (nSPS) is 9.80. The molecule has 1 aromatic carbocycles. The van der Waals surface area contributed by atoms with Crippen LogP contribution in [0, 0.1) is 0 Å². The fourth-order valence-corrected chi connectivity index (χ4v) is 1.54. The second-order valence-electron chi connectivity index (χ2n) is 4.22. The number of amides is 2. The number of hydrogen-bond acceptors (Lipinski definition) is 3. The zero-order chi connectivity index (χ0) is 14.8. The van der Waals surface area contributed by atoms with Crippen LogP contribution in [0.5, 0.6) is 0 Å². The van der Waals surface area contributed by atoms with Crippen molar-refractivity contribution in [1.29, 1.82) is 0 Å². The number of carboxylic acid groups (broad SMARTS) is 1. The lowest BCUT2D eigenvalue weighted by atomic mass is 10.2. The fraction of sp³-hybridized carbons (Fsp3) is 0.357. The number of rotatable bonds is 8. The molecule has 6 nitrogen and oxygen atoms in total. The van der Waals surface area contributed by atoms with Crippen molar-refractivity contribution >= 4 is 17.8 Å². The first-order chi connectivity index (χ1) is 9.59. The van der Waals surface area contributed by atoms with Gasteiger partial charge in [0.15, 0.2) is 0 Å². The molecular formula is C14H18N2O4. The molecule has 0 aromatic heterocycles. The molecule has 2 amide bonds. The molecule has 0 spiro atoms. The van der Waals surface area contributed by atoms with Crippen LogP contribution in [0.15, 0.2) is 30.3 Å². The molecule has 108 valence electrons. The number of aliphatic carboxylic acids is 1. The molecule has 0 fully saturated rings. The maximum Gasteiger partial charge on any atom is 0.305 e. The summed E-state index contributed by atoms with van der Waals surface area (Å²) >= 11 is 0. The van der Waals surface area contributed by atoms with E-state index in [0.717, 1.165) is 0 Å². The van der Waals surface area contributed by atoms with E-state index in [-0.39, 0.29) is 31.2 Å². The Labute approximate surface area is 117 Å². The second kappa shape index (κ2) is 8.68. The fourth-order valence-electron chi connectivity index (χ4n) is 1.54. The van der Waals surface area contributed by atoms with Gasteiger partial charge in [0.1, 0.15) is 0 Å². The molecule has 0 aliphatic heterocycles. The average Bonchev–Trinajstić information content (AvgIpc) is 2.44. The summed E-state index contributed by atoms with van der Waals surface area (Å²) in [5, 5.41) is 13.6. The summed E-state index contributed by atoms with van der Waals surface area (Å²) in [5.41, 5.74) is 0.582. The summed E-state index contributed by atoms with van der Waals surface area (Å²) in [6.07, 6.45) is 0.683. The third-order valence-corrected chi connectivity index (χ3v) is 2.56. The van der Waals surface area contributed by atoms with Gasteiger partial charge < -0.3 is 15.7 Å². The minimum absolute atomic E-state index is 0.0868. The lowest BCUT2D eigenvalue weighted by molar-refractivity contribution is -0.136. The van der Waals surface area contributed by atoms with Gasteiger partial charge in [-0.25, -0.2) is 0 Å². The van der Waals surface area contributed by atoms with E-state index in [0.29, 0.717) is 18.5 Å². The molecule has 0 saturated heterocycles. The van der Waals surface area contributed by atoms with E-state index < -0.39 is 5.97 Å². The lowest BCUT2D eigenvalue weighted by Gasteiger charge is -2.05. The highest BCUT2D eigenvalue weighted by Gasteiger charge is 2.05. The van der Waals surface area contributed by atoms with Gasteiger partial charge in [-0.05, 0) is 18.6 Å². The van der Waals surface area contributed by atoms with Crippen molar-refractivity contribution < 1.29 is 19.5 Å². The second-order valence-corrected chi connectivity index (χ2v) is 4.22. The van der Waals surface area contributed by atoms with Gasteiger partial charge in [0, 0.05) is 25.1 Å². The molecule has 0 aliphatic rings. The molecule has 0 radical (unpaired) electrons. The summed E-state index contributed by atoms with van der Waals surface area (Å²) in [7, 11) is 0. The number of carbonyl (C=O) groups excluding carboxylic acids is 2. The number of hydrogen-bond donors (Lipinski definition) is 3. The Morgan fingerprint density at radius 1 is 0.950 bits per heavy atom. The van der Waals surface area contributed by atoms with E-state index in [1.807, 2.05) is 6.07 Å². The first-order valence-electron chi connectivity index (χ1n) is 6.41. The lowest BCUT2D eigenvalue weighted by Crippen LogP contribution is -2.28. The van der Waals surface area contributed by atoms with Gasteiger partial charge in [-0.15, -0.1) is 0 Å². The van der Waals surface area contributed by atoms with Crippen LogP contribution in [0.3, 0.4) is 0 Å². The van der Waals surface area contributed by atoms with Crippen molar-refractivity contribution in [1.82, 2.24) is 10.6 Å². The molecule has 0 aliphatic carbocycles. The van der Waals surface area contributed by atoms with Crippen molar-refractivity contribution in [2.75, 3.05) is 13.1 Å². The van der Waals surface area contributed by atoms with Gasteiger partial charge in [0.05, 0.1) is 6.42 Å². The first-order valence-corrected chi connectivity index (χ1v) is 6.41. The standard InChI is InChI=1S/C14H18N2O4/c17-12(15-10-8-13(18)19)7-4-9-16-14(20)11-5-2-1-3-6-11/h1-3,5-6H,4,7-10H2,(H,15,17)(H,16,20)(H,18,19). The molecule has 0 bridgehead atoms. The summed E-state index contributed by atoms with van der Waals surface area (Å²) in [6, 6.07) is 8.83. The molecule has 0 unspecified atom stereocenters. The van der Waals surface area contributed by atoms with E-state index in [1.54, 1.807) is 24.3 Å². The summed E-state index contributed by atoms with van der Waals surface area (Å²) in [6.45, 7) is 0.532. The van der Waals surface area contributed by atoms with Crippen molar-refractivity contribution in [2.45, 2.75) is 19.3 Å².